The van der Waals surface area contributed by atoms with Gasteiger partial charge in [-0.05, 0) is 49.6 Å². The van der Waals surface area contributed by atoms with Crippen LogP contribution in [0.1, 0.15) is 37.5 Å². The zero-order chi connectivity index (χ0) is 22.5. The number of nitrogens with zero attached hydrogens (tertiary/aromatic N) is 2. The Bertz CT molecular complexity index is 1030. The molecule has 0 saturated carbocycles. The van der Waals surface area contributed by atoms with E-state index >= 15 is 0 Å². The number of thiophene rings is 1. The Morgan fingerprint density at radius 3 is 2.45 bits per heavy atom. The van der Waals surface area contributed by atoms with Gasteiger partial charge < -0.3 is 10.3 Å². The Morgan fingerprint density at radius 2 is 1.84 bits per heavy atom. The summed E-state index contributed by atoms with van der Waals surface area (Å²) in [5.41, 5.74) is 0.797. The molecule has 164 valence electrons. The number of benzene rings is 1. The third kappa shape index (κ3) is 6.16. The predicted molar refractivity (Wildman–Crippen MR) is 129 cm³/mol. The molecule has 1 aliphatic heterocycles. The number of Topliss-reactive ketones (excluding diaryl/α,β-unsaturated/α-hetero) is 1. The highest BCUT2D eigenvalue weighted by atomic mass is 35.5. The summed E-state index contributed by atoms with van der Waals surface area (Å²) in [5, 5.41) is 9.31. The van der Waals surface area contributed by atoms with Crippen LogP contribution in [0.5, 0.6) is 0 Å². The number of carbonyl (C=O) groups is 2. The van der Waals surface area contributed by atoms with Crippen molar-refractivity contribution in [2.45, 2.75) is 32.6 Å². The molecule has 2 heterocycles. The first-order valence-electron chi connectivity index (χ1n) is 9.95. The van der Waals surface area contributed by atoms with Crippen LogP contribution >= 0.6 is 46.1 Å². The minimum Gasteiger partial charge on any atom is -0.342 e. The van der Waals surface area contributed by atoms with E-state index in [0.717, 1.165) is 24.1 Å². The van der Waals surface area contributed by atoms with Crippen molar-refractivity contribution in [2.75, 3.05) is 13.1 Å². The van der Waals surface area contributed by atoms with Crippen LogP contribution in [0, 0.1) is 11.3 Å². The summed E-state index contributed by atoms with van der Waals surface area (Å²) >= 11 is 19.7. The summed E-state index contributed by atoms with van der Waals surface area (Å²) in [5.74, 6) is -1.37. The second kappa shape index (κ2) is 10.7. The van der Waals surface area contributed by atoms with Gasteiger partial charge in [0, 0.05) is 24.0 Å². The molecule has 1 N–H and O–H groups in total. The van der Waals surface area contributed by atoms with Gasteiger partial charge in [-0.25, -0.2) is 4.99 Å². The van der Waals surface area contributed by atoms with Crippen molar-refractivity contribution in [3.63, 3.8) is 0 Å². The molecule has 1 atom stereocenters. The van der Waals surface area contributed by atoms with E-state index in [1.54, 1.807) is 42.2 Å². The monoisotopic (exact) mass is 497 g/mol. The fourth-order valence-corrected chi connectivity index (χ4v) is 4.96. The molecule has 9 heteroatoms. The topological polar surface area (TPSA) is 73.6 Å². The van der Waals surface area contributed by atoms with Gasteiger partial charge in [-0.15, -0.1) is 11.3 Å². The molecule has 0 bridgehead atoms. The first-order chi connectivity index (χ1) is 14.8. The van der Waals surface area contributed by atoms with Gasteiger partial charge in [-0.2, -0.15) is 0 Å². The maximum absolute atomic E-state index is 12.7. The number of ketones is 1. The van der Waals surface area contributed by atoms with Gasteiger partial charge in [0.25, 0.3) is 0 Å². The van der Waals surface area contributed by atoms with Crippen molar-refractivity contribution >= 4 is 74.9 Å². The van der Waals surface area contributed by atoms with Crippen molar-refractivity contribution < 1.29 is 9.59 Å². The van der Waals surface area contributed by atoms with E-state index in [2.05, 4.69) is 4.99 Å². The molecular weight excluding hydrogens is 477 g/mol. The van der Waals surface area contributed by atoms with Crippen LogP contribution in [0.15, 0.2) is 35.3 Å². The fourth-order valence-electron chi connectivity index (χ4n) is 3.38. The molecule has 1 aliphatic rings. The van der Waals surface area contributed by atoms with E-state index in [0.29, 0.717) is 38.9 Å². The van der Waals surface area contributed by atoms with Crippen molar-refractivity contribution in [3.8, 4) is 0 Å². The number of nitrogens with one attached hydrogen (secondary N) is 1. The molecule has 1 aromatic heterocycles. The van der Waals surface area contributed by atoms with Crippen molar-refractivity contribution in [2.24, 2.45) is 10.9 Å². The summed E-state index contributed by atoms with van der Waals surface area (Å²) in [6, 6.07) is 8.46. The Morgan fingerprint density at radius 1 is 1.13 bits per heavy atom. The second-order valence-electron chi connectivity index (χ2n) is 7.37. The number of amides is 1. The second-order valence-corrected chi connectivity index (χ2v) is 9.93. The van der Waals surface area contributed by atoms with E-state index < -0.39 is 11.7 Å². The van der Waals surface area contributed by atoms with Crippen LogP contribution in [-0.4, -0.2) is 41.1 Å². The Labute approximate surface area is 200 Å². The average Bonchev–Trinajstić information content (AvgIpc) is 3.18. The standard InChI is InChI=1S/C22H22Cl3N3O2S/c1-13(21(26)17(29)12-20(30)28-9-3-2-4-10-28)22(18-7-8-19(25)31-18)27-16-6-5-14(23)11-15(16)24/h5-8,11,13,26H,2-4,9-10,12H2,1H3. The van der Waals surface area contributed by atoms with Gasteiger partial charge in [0.05, 0.1) is 37.8 Å². The van der Waals surface area contributed by atoms with Gasteiger partial charge in [-0.3, -0.25) is 9.59 Å². The molecule has 3 rings (SSSR count). The maximum atomic E-state index is 12.7. The van der Waals surface area contributed by atoms with E-state index in [9.17, 15) is 9.59 Å². The Kier molecular flexibility index (Phi) is 8.28. The smallest absolute Gasteiger partial charge is 0.230 e. The zero-order valence-electron chi connectivity index (χ0n) is 17.0. The van der Waals surface area contributed by atoms with Gasteiger partial charge in [-0.1, -0.05) is 41.7 Å². The van der Waals surface area contributed by atoms with Crippen LogP contribution in [-0.2, 0) is 9.59 Å². The average molecular weight is 499 g/mol. The van der Waals surface area contributed by atoms with Crippen LogP contribution in [0.4, 0.5) is 5.69 Å². The summed E-state index contributed by atoms with van der Waals surface area (Å²) in [6.07, 6.45) is 2.70. The first-order valence-corrected chi connectivity index (χ1v) is 11.9. The van der Waals surface area contributed by atoms with Gasteiger partial charge in [0.2, 0.25) is 5.91 Å². The van der Waals surface area contributed by atoms with Gasteiger partial charge >= 0.3 is 0 Å². The zero-order valence-corrected chi connectivity index (χ0v) is 20.0. The number of hydrogen-bond donors (Lipinski definition) is 1. The lowest BCUT2D eigenvalue weighted by Gasteiger charge is -2.26. The molecule has 2 aromatic rings. The summed E-state index contributed by atoms with van der Waals surface area (Å²) in [7, 11) is 0. The number of likely N-dealkylation sites (tertiary alicyclic amines) is 1. The van der Waals surface area contributed by atoms with Gasteiger partial charge in [0.15, 0.2) is 5.78 Å². The first kappa shape index (κ1) is 23.9. The lowest BCUT2D eigenvalue weighted by Crippen LogP contribution is -2.38. The fraction of sp³-hybridized carbons (Fsp3) is 0.364. The Hall–Kier alpha value is -1.73. The van der Waals surface area contributed by atoms with E-state index in [1.807, 2.05) is 0 Å². The SMILES string of the molecule is CC(C(=N)C(=O)CC(=O)N1CCCCC1)C(=Nc1ccc(Cl)cc1Cl)c1ccc(Cl)s1. The maximum Gasteiger partial charge on any atom is 0.230 e. The third-order valence-electron chi connectivity index (χ3n) is 5.14. The third-order valence-corrected chi connectivity index (χ3v) is 6.93. The quantitative estimate of drug-likeness (QED) is 0.351. The van der Waals surface area contributed by atoms with E-state index in [4.69, 9.17) is 40.2 Å². The highest BCUT2D eigenvalue weighted by molar-refractivity contribution is 7.18. The molecule has 0 radical (unpaired) electrons. The normalized spacial score (nSPS) is 15.6. The molecule has 1 fully saturated rings. The number of rotatable bonds is 7. The van der Waals surface area contributed by atoms with Crippen LogP contribution in [0.2, 0.25) is 14.4 Å². The molecule has 1 aromatic carbocycles. The number of carbonyl (C=O) groups excluding carboxylic acids is 2. The Balaban J connectivity index is 1.84. The number of hydrogen-bond acceptors (Lipinski definition) is 5. The predicted octanol–water partition coefficient (Wildman–Crippen LogP) is 6.46. The van der Waals surface area contributed by atoms with Crippen LogP contribution < -0.4 is 0 Å². The van der Waals surface area contributed by atoms with E-state index in [1.165, 1.54) is 11.3 Å². The van der Waals surface area contributed by atoms with Gasteiger partial charge in [0.1, 0.15) is 0 Å². The number of aliphatic imine (C=N–C) groups is 1. The molecule has 0 spiro atoms. The molecule has 5 nitrogen and oxygen atoms in total. The van der Waals surface area contributed by atoms with E-state index in [-0.39, 0.29) is 18.0 Å². The highest BCUT2D eigenvalue weighted by Gasteiger charge is 2.28. The lowest BCUT2D eigenvalue weighted by molar-refractivity contribution is -0.134. The molecule has 1 amide bonds. The van der Waals surface area contributed by atoms with Crippen molar-refractivity contribution in [3.05, 3.63) is 49.6 Å². The largest absolute Gasteiger partial charge is 0.342 e. The minimum atomic E-state index is -0.650. The molecule has 1 unspecified atom stereocenters. The minimum absolute atomic E-state index is 0.168. The summed E-state index contributed by atoms with van der Waals surface area (Å²) < 4.78 is 0.565. The van der Waals surface area contributed by atoms with Crippen LogP contribution in [0.3, 0.4) is 0 Å². The lowest BCUT2D eigenvalue weighted by atomic mass is 9.93. The highest BCUT2D eigenvalue weighted by Crippen LogP contribution is 2.32. The molecular formula is C22H22Cl3N3O2S. The molecule has 0 aliphatic carbocycles. The van der Waals surface area contributed by atoms with Crippen molar-refractivity contribution in [1.29, 1.82) is 5.41 Å². The summed E-state index contributed by atoms with van der Waals surface area (Å²) in [4.78, 5) is 32.3. The molecule has 1 saturated heterocycles. The van der Waals surface area contributed by atoms with Crippen molar-refractivity contribution in [1.82, 2.24) is 4.90 Å². The number of piperidine rings is 1. The summed E-state index contributed by atoms with van der Waals surface area (Å²) in [6.45, 7) is 3.07. The van der Waals surface area contributed by atoms with Crippen LogP contribution in [0.25, 0.3) is 0 Å². The molecule has 31 heavy (non-hydrogen) atoms. The number of halogens is 3.